The Morgan fingerprint density at radius 2 is 2.12 bits per heavy atom. The van der Waals surface area contributed by atoms with Crippen LogP contribution in [-0.4, -0.2) is 37.5 Å². The average molecular weight is 336 g/mol. The van der Waals surface area contributed by atoms with Crippen LogP contribution in [0.15, 0.2) is 47.7 Å². The fraction of sp³-hybridized carbons (Fsp3) is 0.222. The molecule has 0 atom stereocenters. The van der Waals surface area contributed by atoms with Crippen molar-refractivity contribution in [2.75, 3.05) is 6.54 Å². The maximum absolute atomic E-state index is 11.9. The van der Waals surface area contributed by atoms with Crippen LogP contribution < -0.4 is 0 Å². The molecule has 4 heterocycles. The van der Waals surface area contributed by atoms with E-state index in [2.05, 4.69) is 19.9 Å². The maximum atomic E-state index is 11.9. The lowest BCUT2D eigenvalue weighted by Crippen LogP contribution is -2.31. The first-order chi connectivity index (χ1) is 12.2. The second kappa shape index (κ2) is 6.45. The van der Waals surface area contributed by atoms with Gasteiger partial charge in [0.25, 0.3) is 0 Å². The summed E-state index contributed by atoms with van der Waals surface area (Å²) in [4.78, 5) is 26.5. The van der Waals surface area contributed by atoms with Gasteiger partial charge >= 0.3 is 5.97 Å². The van der Waals surface area contributed by atoms with Crippen LogP contribution in [0.3, 0.4) is 0 Å². The summed E-state index contributed by atoms with van der Waals surface area (Å²) in [6.45, 7) is 2.11. The van der Waals surface area contributed by atoms with Crippen molar-refractivity contribution in [3.63, 3.8) is 0 Å². The van der Waals surface area contributed by atoms with Gasteiger partial charge in [-0.2, -0.15) is 0 Å². The Hall–Kier alpha value is -3.06. The number of aromatic nitrogens is 3. The van der Waals surface area contributed by atoms with Crippen LogP contribution in [0.25, 0.3) is 11.3 Å². The molecule has 0 unspecified atom stereocenters. The van der Waals surface area contributed by atoms with Gasteiger partial charge in [-0.1, -0.05) is 0 Å². The summed E-state index contributed by atoms with van der Waals surface area (Å²) in [5.74, 6) is -0.0735. The molecule has 3 aromatic rings. The van der Waals surface area contributed by atoms with E-state index in [1.54, 1.807) is 24.9 Å². The Labute approximate surface area is 144 Å². The highest BCUT2D eigenvalue weighted by molar-refractivity contribution is 5.96. The van der Waals surface area contributed by atoms with Gasteiger partial charge in [-0.15, -0.1) is 0 Å². The van der Waals surface area contributed by atoms with E-state index >= 15 is 0 Å². The van der Waals surface area contributed by atoms with E-state index in [-0.39, 0.29) is 5.56 Å². The quantitative estimate of drug-likeness (QED) is 0.782. The van der Waals surface area contributed by atoms with Gasteiger partial charge < -0.3 is 9.52 Å². The normalized spacial score (nSPS) is 14.2. The topological polar surface area (TPSA) is 92.3 Å². The van der Waals surface area contributed by atoms with Gasteiger partial charge in [0.15, 0.2) is 0 Å². The zero-order valence-corrected chi connectivity index (χ0v) is 13.4. The number of aromatic carboxylic acids is 1. The van der Waals surface area contributed by atoms with Gasteiger partial charge in [0, 0.05) is 37.2 Å². The molecular weight excluding hydrogens is 320 g/mol. The fourth-order valence-corrected chi connectivity index (χ4v) is 3.23. The van der Waals surface area contributed by atoms with E-state index < -0.39 is 5.97 Å². The number of hydrogen-bond acceptors (Lipinski definition) is 6. The third-order valence-electron chi connectivity index (χ3n) is 4.36. The molecule has 7 nitrogen and oxygen atoms in total. The minimum atomic E-state index is -0.970. The zero-order valence-electron chi connectivity index (χ0n) is 13.4. The first kappa shape index (κ1) is 15.5. The van der Waals surface area contributed by atoms with Crippen LogP contribution in [0.5, 0.6) is 0 Å². The van der Waals surface area contributed by atoms with E-state index in [4.69, 9.17) is 4.42 Å². The summed E-state index contributed by atoms with van der Waals surface area (Å²) < 4.78 is 5.40. The van der Waals surface area contributed by atoms with Crippen LogP contribution in [0, 0.1) is 0 Å². The van der Waals surface area contributed by atoms with Gasteiger partial charge in [0.1, 0.15) is 12.1 Å². The second-order valence-electron chi connectivity index (χ2n) is 5.96. The molecule has 3 aromatic heterocycles. The monoisotopic (exact) mass is 336 g/mol. The number of pyridine rings is 1. The van der Waals surface area contributed by atoms with Crippen molar-refractivity contribution < 1.29 is 14.3 Å². The SMILES string of the molecule is O=C(O)c1c(-c2cncnc2)ncc2c1CCN(Cc1ccco1)C2. The molecule has 0 bridgehead atoms. The molecule has 0 radical (unpaired) electrons. The molecule has 25 heavy (non-hydrogen) atoms. The van der Waals surface area contributed by atoms with E-state index in [1.807, 2.05) is 12.1 Å². The number of rotatable bonds is 4. The minimum absolute atomic E-state index is 0.255. The molecule has 0 saturated carbocycles. The van der Waals surface area contributed by atoms with Gasteiger partial charge in [0.05, 0.1) is 24.1 Å². The Morgan fingerprint density at radius 3 is 2.84 bits per heavy atom. The van der Waals surface area contributed by atoms with Crippen molar-refractivity contribution in [1.82, 2.24) is 19.9 Å². The lowest BCUT2D eigenvalue weighted by molar-refractivity contribution is 0.0694. The van der Waals surface area contributed by atoms with Crippen molar-refractivity contribution in [2.24, 2.45) is 0 Å². The molecule has 0 aliphatic carbocycles. The Bertz CT molecular complexity index is 894. The third kappa shape index (κ3) is 3.01. The van der Waals surface area contributed by atoms with E-state index in [1.165, 1.54) is 6.33 Å². The molecule has 1 aliphatic heterocycles. The van der Waals surface area contributed by atoms with E-state index in [0.717, 1.165) is 23.4 Å². The number of hydrogen-bond donors (Lipinski definition) is 1. The molecule has 1 aliphatic rings. The molecular formula is C18H16N4O3. The molecule has 7 heteroatoms. The highest BCUT2D eigenvalue weighted by Crippen LogP contribution is 2.29. The predicted octanol–water partition coefficient (Wildman–Crippen LogP) is 2.39. The lowest BCUT2D eigenvalue weighted by atomic mass is 9.93. The number of carboxylic acid groups (broad SMARTS) is 1. The summed E-state index contributed by atoms with van der Waals surface area (Å²) in [5.41, 5.74) is 3.07. The van der Waals surface area contributed by atoms with Crippen molar-refractivity contribution >= 4 is 5.97 Å². The lowest BCUT2D eigenvalue weighted by Gasteiger charge is -2.29. The fourth-order valence-electron chi connectivity index (χ4n) is 3.23. The molecule has 0 fully saturated rings. The Balaban J connectivity index is 1.69. The smallest absolute Gasteiger partial charge is 0.338 e. The van der Waals surface area contributed by atoms with Crippen molar-refractivity contribution in [3.05, 3.63) is 65.8 Å². The second-order valence-corrected chi connectivity index (χ2v) is 5.96. The van der Waals surface area contributed by atoms with E-state index in [0.29, 0.717) is 30.8 Å². The largest absolute Gasteiger partial charge is 0.478 e. The van der Waals surface area contributed by atoms with E-state index in [9.17, 15) is 9.90 Å². The molecule has 0 saturated heterocycles. The van der Waals surface area contributed by atoms with Gasteiger partial charge in [-0.05, 0) is 29.7 Å². The maximum Gasteiger partial charge on any atom is 0.338 e. The number of furan rings is 1. The summed E-state index contributed by atoms with van der Waals surface area (Å²) in [6, 6.07) is 3.81. The molecule has 126 valence electrons. The van der Waals surface area contributed by atoms with Crippen molar-refractivity contribution in [1.29, 1.82) is 0 Å². The van der Waals surface area contributed by atoms with Gasteiger partial charge in [0.2, 0.25) is 0 Å². The van der Waals surface area contributed by atoms with Crippen molar-refractivity contribution in [3.8, 4) is 11.3 Å². The Morgan fingerprint density at radius 1 is 1.28 bits per heavy atom. The standard InChI is InChI=1S/C18H16N4O3/c23-18(24)16-15-3-4-22(10-14-2-1-5-25-14)9-13(15)8-21-17(16)12-6-19-11-20-7-12/h1-2,5-8,11H,3-4,9-10H2,(H,23,24). The molecule has 0 aromatic carbocycles. The summed E-state index contributed by atoms with van der Waals surface area (Å²) in [5, 5.41) is 9.75. The molecule has 0 amide bonds. The van der Waals surface area contributed by atoms with Gasteiger partial charge in [-0.25, -0.2) is 14.8 Å². The van der Waals surface area contributed by atoms with Crippen LogP contribution in [0.2, 0.25) is 0 Å². The van der Waals surface area contributed by atoms with Crippen LogP contribution in [0.4, 0.5) is 0 Å². The highest BCUT2D eigenvalue weighted by atomic mass is 16.4. The molecule has 0 spiro atoms. The Kier molecular flexibility index (Phi) is 3.99. The number of nitrogens with zero attached hydrogens (tertiary/aromatic N) is 4. The summed E-state index contributed by atoms with van der Waals surface area (Å²) in [7, 11) is 0. The molecule has 1 N–H and O–H groups in total. The average Bonchev–Trinajstić information content (AvgIpc) is 3.14. The van der Waals surface area contributed by atoms with Crippen LogP contribution in [-0.2, 0) is 19.5 Å². The van der Waals surface area contributed by atoms with Gasteiger partial charge in [-0.3, -0.25) is 9.88 Å². The zero-order chi connectivity index (χ0) is 17.2. The third-order valence-corrected chi connectivity index (χ3v) is 4.36. The van der Waals surface area contributed by atoms with Crippen LogP contribution in [0.1, 0.15) is 27.2 Å². The number of carboxylic acids is 1. The number of carbonyl (C=O) groups is 1. The van der Waals surface area contributed by atoms with Crippen molar-refractivity contribution in [2.45, 2.75) is 19.5 Å². The summed E-state index contributed by atoms with van der Waals surface area (Å²) >= 11 is 0. The molecule has 4 rings (SSSR count). The minimum Gasteiger partial charge on any atom is -0.478 e. The summed E-state index contributed by atoms with van der Waals surface area (Å²) in [6.07, 6.45) is 8.65. The highest BCUT2D eigenvalue weighted by Gasteiger charge is 2.26. The van der Waals surface area contributed by atoms with Crippen LogP contribution >= 0.6 is 0 Å². The first-order valence-electron chi connectivity index (χ1n) is 7.96. The predicted molar refractivity (Wildman–Crippen MR) is 88.7 cm³/mol. The number of fused-ring (bicyclic) bond motifs is 1. The first-order valence-corrected chi connectivity index (χ1v) is 7.96.